The van der Waals surface area contributed by atoms with E-state index in [9.17, 15) is 4.79 Å². The third-order valence-corrected chi connectivity index (χ3v) is 5.47. The van der Waals surface area contributed by atoms with E-state index in [1.54, 1.807) is 10.7 Å². The zero-order valence-electron chi connectivity index (χ0n) is 15.6. The average molecular weight is 399 g/mol. The smallest absolute Gasteiger partial charge is 0.277 e. The second kappa shape index (κ2) is 7.03. The first-order chi connectivity index (χ1) is 14.2. The van der Waals surface area contributed by atoms with Crippen molar-refractivity contribution in [2.45, 2.75) is 6.92 Å². The van der Waals surface area contributed by atoms with Crippen molar-refractivity contribution in [3.8, 4) is 16.9 Å². The van der Waals surface area contributed by atoms with Gasteiger partial charge in [-0.05, 0) is 31.2 Å². The fraction of sp³-hybridized carbons (Fsp3) is 0.0455. The van der Waals surface area contributed by atoms with E-state index in [-0.39, 0.29) is 5.91 Å². The molecule has 29 heavy (non-hydrogen) atoms. The lowest BCUT2D eigenvalue weighted by molar-refractivity contribution is 0.102. The lowest BCUT2D eigenvalue weighted by Crippen LogP contribution is -2.13. The molecule has 0 radical (unpaired) electrons. The number of benzene rings is 2. The van der Waals surface area contributed by atoms with Crippen molar-refractivity contribution in [1.29, 1.82) is 0 Å². The van der Waals surface area contributed by atoms with Gasteiger partial charge in [0.05, 0.1) is 11.4 Å². The number of aromatic amines is 1. The van der Waals surface area contributed by atoms with Gasteiger partial charge in [-0.2, -0.15) is 5.10 Å². The van der Waals surface area contributed by atoms with Gasteiger partial charge in [-0.1, -0.05) is 36.4 Å². The Bertz CT molecular complexity index is 1320. The first-order valence-corrected chi connectivity index (χ1v) is 10.0. The van der Waals surface area contributed by atoms with E-state index < -0.39 is 0 Å². The molecule has 3 heterocycles. The molecule has 5 aromatic rings. The second-order valence-electron chi connectivity index (χ2n) is 6.66. The number of aromatic nitrogens is 4. The zero-order valence-corrected chi connectivity index (χ0v) is 16.4. The Hall–Kier alpha value is -3.71. The molecule has 0 atom stereocenters. The van der Waals surface area contributed by atoms with Gasteiger partial charge in [-0.15, -0.1) is 11.3 Å². The molecule has 0 spiro atoms. The number of thiazole rings is 1. The first kappa shape index (κ1) is 17.4. The van der Waals surface area contributed by atoms with Crippen LogP contribution in [0.5, 0.6) is 0 Å². The molecule has 6 nitrogen and oxygen atoms in total. The summed E-state index contributed by atoms with van der Waals surface area (Å²) in [4.78, 5) is 20.5. The minimum absolute atomic E-state index is 0.275. The number of carbonyl (C=O) groups excluding carboxylic acids is 1. The molecule has 1 amide bonds. The van der Waals surface area contributed by atoms with Gasteiger partial charge in [-0.25, -0.2) is 9.67 Å². The molecule has 3 aromatic heterocycles. The van der Waals surface area contributed by atoms with E-state index in [0.29, 0.717) is 10.8 Å². The molecule has 0 aliphatic carbocycles. The van der Waals surface area contributed by atoms with E-state index in [1.807, 2.05) is 67.0 Å². The summed E-state index contributed by atoms with van der Waals surface area (Å²) in [7, 11) is 0. The van der Waals surface area contributed by atoms with Gasteiger partial charge in [0, 0.05) is 33.7 Å². The van der Waals surface area contributed by atoms with Crippen LogP contribution >= 0.6 is 11.3 Å². The van der Waals surface area contributed by atoms with E-state index in [4.69, 9.17) is 0 Å². The molecule has 0 aliphatic heterocycles. The van der Waals surface area contributed by atoms with Gasteiger partial charge in [0.15, 0.2) is 10.8 Å². The van der Waals surface area contributed by atoms with Crippen molar-refractivity contribution in [2.75, 3.05) is 5.32 Å². The Kier molecular flexibility index (Phi) is 4.22. The molecule has 142 valence electrons. The van der Waals surface area contributed by atoms with E-state index >= 15 is 0 Å². The number of para-hydroxylation sites is 2. The Morgan fingerprint density at radius 2 is 1.90 bits per heavy atom. The van der Waals surface area contributed by atoms with Crippen LogP contribution in [0.15, 0.2) is 72.2 Å². The second-order valence-corrected chi connectivity index (χ2v) is 7.52. The number of anilines is 1. The molecule has 0 unspecified atom stereocenters. The number of fused-ring (bicyclic) bond motifs is 1. The van der Waals surface area contributed by atoms with E-state index in [2.05, 4.69) is 26.4 Å². The summed E-state index contributed by atoms with van der Waals surface area (Å²) < 4.78 is 1.76. The minimum Gasteiger partial charge on any atom is -0.360 e. The summed E-state index contributed by atoms with van der Waals surface area (Å²) in [6.45, 7) is 1.93. The van der Waals surface area contributed by atoms with Crippen molar-refractivity contribution in [3.63, 3.8) is 0 Å². The summed E-state index contributed by atoms with van der Waals surface area (Å²) in [5.74, 6) is -0.275. The predicted molar refractivity (Wildman–Crippen MR) is 116 cm³/mol. The number of hydrogen-bond donors (Lipinski definition) is 2. The summed E-state index contributed by atoms with van der Waals surface area (Å²) in [6, 6.07) is 19.6. The number of H-pyrrole nitrogens is 1. The van der Waals surface area contributed by atoms with Crippen LogP contribution in [-0.4, -0.2) is 25.7 Å². The van der Waals surface area contributed by atoms with Gasteiger partial charge in [-0.3, -0.25) is 10.1 Å². The standard InChI is InChI=1S/C22H17N5OS/c1-14-11-19(26-27(14)15-7-3-2-4-8-15)21(28)25-22-24-20(13-29-22)17-12-23-18-10-6-5-9-16(17)18/h2-13,23H,1H3,(H,24,25,28). The van der Waals surface area contributed by atoms with Crippen LogP contribution in [0.25, 0.3) is 27.8 Å². The lowest BCUT2D eigenvalue weighted by Gasteiger charge is -2.02. The summed E-state index contributed by atoms with van der Waals surface area (Å²) in [5, 5.41) is 10.9. The van der Waals surface area contributed by atoms with Crippen molar-refractivity contribution < 1.29 is 4.79 Å². The van der Waals surface area contributed by atoms with Gasteiger partial charge in [0.25, 0.3) is 5.91 Å². The minimum atomic E-state index is -0.275. The number of amides is 1. The summed E-state index contributed by atoms with van der Waals surface area (Å²) in [5.41, 5.74) is 5.06. The van der Waals surface area contributed by atoms with Crippen LogP contribution in [0, 0.1) is 6.92 Å². The SMILES string of the molecule is Cc1cc(C(=O)Nc2nc(-c3c[nH]c4ccccc34)cs2)nn1-c1ccccc1. The lowest BCUT2D eigenvalue weighted by atomic mass is 10.1. The molecule has 2 N–H and O–H groups in total. The number of aryl methyl sites for hydroxylation is 1. The van der Waals surface area contributed by atoms with Crippen LogP contribution < -0.4 is 5.32 Å². The fourth-order valence-corrected chi connectivity index (χ4v) is 4.02. The molecule has 0 fully saturated rings. The topological polar surface area (TPSA) is 75.6 Å². The van der Waals surface area contributed by atoms with Crippen LogP contribution in [0.2, 0.25) is 0 Å². The maximum absolute atomic E-state index is 12.7. The van der Waals surface area contributed by atoms with Crippen molar-refractivity contribution in [1.82, 2.24) is 19.7 Å². The largest absolute Gasteiger partial charge is 0.360 e. The highest BCUT2D eigenvalue weighted by molar-refractivity contribution is 7.14. The zero-order chi connectivity index (χ0) is 19.8. The van der Waals surface area contributed by atoms with Crippen LogP contribution in [0.1, 0.15) is 16.2 Å². The Morgan fingerprint density at radius 1 is 1.10 bits per heavy atom. The molecular weight excluding hydrogens is 382 g/mol. The quantitative estimate of drug-likeness (QED) is 0.445. The molecule has 0 bridgehead atoms. The third-order valence-electron chi connectivity index (χ3n) is 4.71. The Morgan fingerprint density at radius 3 is 2.76 bits per heavy atom. The summed E-state index contributed by atoms with van der Waals surface area (Å²) in [6.07, 6.45) is 1.94. The third kappa shape index (κ3) is 3.21. The van der Waals surface area contributed by atoms with Gasteiger partial charge in [0.1, 0.15) is 0 Å². The van der Waals surface area contributed by atoms with Gasteiger partial charge < -0.3 is 4.98 Å². The molecule has 7 heteroatoms. The number of rotatable bonds is 4. The van der Waals surface area contributed by atoms with Crippen molar-refractivity contribution in [3.05, 3.63) is 83.6 Å². The molecule has 0 saturated carbocycles. The molecular formula is C22H17N5OS. The Labute approximate surface area is 170 Å². The van der Waals surface area contributed by atoms with E-state index in [0.717, 1.165) is 33.5 Å². The number of nitrogens with one attached hydrogen (secondary N) is 2. The molecule has 0 aliphatic rings. The van der Waals surface area contributed by atoms with Crippen LogP contribution in [0.4, 0.5) is 5.13 Å². The highest BCUT2D eigenvalue weighted by atomic mass is 32.1. The van der Waals surface area contributed by atoms with Crippen molar-refractivity contribution >= 4 is 33.3 Å². The van der Waals surface area contributed by atoms with E-state index in [1.165, 1.54) is 11.3 Å². The van der Waals surface area contributed by atoms with Crippen molar-refractivity contribution in [2.24, 2.45) is 0 Å². The van der Waals surface area contributed by atoms with Crippen LogP contribution in [0.3, 0.4) is 0 Å². The van der Waals surface area contributed by atoms with Gasteiger partial charge >= 0.3 is 0 Å². The predicted octanol–water partition coefficient (Wildman–Crippen LogP) is 5.04. The first-order valence-electron chi connectivity index (χ1n) is 9.14. The fourth-order valence-electron chi connectivity index (χ4n) is 3.32. The average Bonchev–Trinajstić information content (AvgIpc) is 3.46. The number of carbonyl (C=O) groups is 1. The Balaban J connectivity index is 1.38. The molecule has 2 aromatic carbocycles. The highest BCUT2D eigenvalue weighted by Gasteiger charge is 2.16. The summed E-state index contributed by atoms with van der Waals surface area (Å²) >= 11 is 1.40. The maximum atomic E-state index is 12.7. The van der Waals surface area contributed by atoms with Gasteiger partial charge in [0.2, 0.25) is 0 Å². The van der Waals surface area contributed by atoms with Crippen LogP contribution in [-0.2, 0) is 0 Å². The molecule has 0 saturated heterocycles. The molecule has 5 rings (SSSR count). The maximum Gasteiger partial charge on any atom is 0.277 e. The monoisotopic (exact) mass is 399 g/mol. The highest BCUT2D eigenvalue weighted by Crippen LogP contribution is 2.31. The number of nitrogens with zero attached hydrogens (tertiary/aromatic N) is 3. The number of hydrogen-bond acceptors (Lipinski definition) is 4. The normalized spacial score (nSPS) is 11.1.